The Labute approximate surface area is 207 Å². The fourth-order valence-corrected chi connectivity index (χ4v) is 3.41. The average molecular weight is 488 g/mol. The van der Waals surface area contributed by atoms with E-state index in [1.165, 1.54) is 24.3 Å². The van der Waals surface area contributed by atoms with Crippen molar-refractivity contribution < 1.29 is 19.2 Å². The van der Waals surface area contributed by atoms with E-state index in [1.54, 1.807) is 22.9 Å². The summed E-state index contributed by atoms with van der Waals surface area (Å²) in [5.74, 6) is 0.194. The average Bonchev–Trinajstić information content (AvgIpc) is 3.31. The second-order valence-electron chi connectivity index (χ2n) is 7.85. The Morgan fingerprint density at radius 3 is 2.50 bits per heavy atom. The number of hydrogen-bond acceptors (Lipinski definition) is 7. The van der Waals surface area contributed by atoms with E-state index in [-0.39, 0.29) is 17.6 Å². The van der Waals surface area contributed by atoms with Gasteiger partial charge in [0.2, 0.25) is 0 Å². The van der Waals surface area contributed by atoms with E-state index >= 15 is 0 Å². The van der Waals surface area contributed by atoms with Crippen LogP contribution in [0.5, 0.6) is 6.01 Å². The predicted molar refractivity (Wildman–Crippen MR) is 135 cm³/mol. The molecule has 10 nitrogen and oxygen atoms in total. The van der Waals surface area contributed by atoms with E-state index in [2.05, 4.69) is 15.4 Å². The number of aromatic nitrogens is 3. The quantitative estimate of drug-likeness (QED) is 0.193. The van der Waals surface area contributed by atoms with Gasteiger partial charge in [-0.3, -0.25) is 14.9 Å². The number of non-ortho nitro benzene ring substituents is 1. The second kappa shape index (κ2) is 11.2. The van der Waals surface area contributed by atoms with E-state index in [9.17, 15) is 14.9 Å². The topological polar surface area (TPSA) is 121 Å². The molecule has 3 aromatic carbocycles. The molecule has 1 heterocycles. The van der Waals surface area contributed by atoms with E-state index < -0.39 is 4.92 Å². The molecule has 1 aromatic heterocycles. The Balaban J connectivity index is 1.60. The van der Waals surface area contributed by atoms with Gasteiger partial charge in [-0.15, -0.1) is 5.10 Å². The minimum absolute atomic E-state index is 0.0809. The van der Waals surface area contributed by atoms with Crippen LogP contribution in [-0.2, 0) is 4.74 Å². The highest BCUT2D eigenvalue weighted by Gasteiger charge is 2.16. The SMILES string of the molecule is CCOCCOc1nc(-c2ccc(C)cc2)n(-c2cccc(NC(=O)c3ccc([N+](=O)[O-])cc3)c2)n1. The number of amides is 1. The first-order valence-corrected chi connectivity index (χ1v) is 11.4. The number of nitrogens with one attached hydrogen (secondary N) is 1. The Kier molecular flexibility index (Phi) is 7.66. The zero-order valence-electron chi connectivity index (χ0n) is 19.9. The zero-order chi connectivity index (χ0) is 25.5. The molecule has 1 amide bonds. The molecule has 0 atom stereocenters. The van der Waals surface area contributed by atoms with Gasteiger partial charge < -0.3 is 14.8 Å². The molecule has 0 fully saturated rings. The Morgan fingerprint density at radius 1 is 1.06 bits per heavy atom. The van der Waals surface area contributed by atoms with Crippen molar-refractivity contribution in [2.24, 2.45) is 0 Å². The summed E-state index contributed by atoms with van der Waals surface area (Å²) in [5.41, 5.74) is 3.39. The van der Waals surface area contributed by atoms with Gasteiger partial charge in [0.25, 0.3) is 11.6 Å². The Morgan fingerprint density at radius 2 is 1.81 bits per heavy atom. The van der Waals surface area contributed by atoms with Crippen LogP contribution >= 0.6 is 0 Å². The first kappa shape index (κ1) is 24.6. The van der Waals surface area contributed by atoms with Gasteiger partial charge in [0.05, 0.1) is 17.2 Å². The molecule has 0 aliphatic rings. The van der Waals surface area contributed by atoms with Crippen molar-refractivity contribution in [1.29, 1.82) is 0 Å². The number of carbonyl (C=O) groups excluding carboxylic acids is 1. The summed E-state index contributed by atoms with van der Waals surface area (Å²) < 4.78 is 12.7. The third-order valence-corrected chi connectivity index (χ3v) is 5.25. The molecule has 0 saturated heterocycles. The minimum atomic E-state index is -0.510. The highest BCUT2D eigenvalue weighted by molar-refractivity contribution is 6.04. The molecule has 4 rings (SSSR count). The Bertz CT molecular complexity index is 1350. The van der Waals surface area contributed by atoms with Gasteiger partial charge >= 0.3 is 6.01 Å². The lowest BCUT2D eigenvalue weighted by Gasteiger charge is -2.09. The van der Waals surface area contributed by atoms with Gasteiger partial charge in [-0.05, 0) is 44.2 Å². The van der Waals surface area contributed by atoms with Crippen molar-refractivity contribution in [1.82, 2.24) is 14.8 Å². The van der Waals surface area contributed by atoms with E-state index in [4.69, 9.17) is 9.47 Å². The van der Waals surface area contributed by atoms with Gasteiger partial charge in [0, 0.05) is 35.6 Å². The number of aryl methyl sites for hydroxylation is 1. The number of benzene rings is 3. The molecule has 0 spiro atoms. The third kappa shape index (κ3) is 5.91. The largest absolute Gasteiger partial charge is 0.460 e. The standard InChI is InChI=1S/C26H25N5O5/c1-3-35-15-16-36-26-28-24(19-9-7-18(2)8-10-19)30(29-26)23-6-4-5-21(17-23)27-25(32)20-11-13-22(14-12-20)31(33)34/h4-14,17H,3,15-16H2,1-2H3,(H,27,32). The van der Waals surface area contributed by atoms with Crippen LogP contribution in [0.4, 0.5) is 11.4 Å². The number of nitrogens with zero attached hydrogens (tertiary/aromatic N) is 4. The highest BCUT2D eigenvalue weighted by Crippen LogP contribution is 2.25. The van der Waals surface area contributed by atoms with Crippen LogP contribution in [0.1, 0.15) is 22.8 Å². The van der Waals surface area contributed by atoms with Gasteiger partial charge in [0.15, 0.2) is 5.82 Å². The number of rotatable bonds is 10. The van der Waals surface area contributed by atoms with Crippen LogP contribution < -0.4 is 10.1 Å². The number of carbonyl (C=O) groups is 1. The molecule has 184 valence electrons. The van der Waals surface area contributed by atoms with E-state index in [1.807, 2.05) is 44.2 Å². The van der Waals surface area contributed by atoms with Crippen molar-refractivity contribution in [3.63, 3.8) is 0 Å². The molecule has 0 aliphatic carbocycles. The molecule has 0 saturated carbocycles. The third-order valence-electron chi connectivity index (χ3n) is 5.25. The van der Waals surface area contributed by atoms with Gasteiger partial charge in [-0.25, -0.2) is 4.68 Å². The number of nitro groups is 1. The fourth-order valence-electron chi connectivity index (χ4n) is 3.41. The van der Waals surface area contributed by atoms with E-state index in [0.29, 0.717) is 42.6 Å². The Hall–Kier alpha value is -4.57. The summed E-state index contributed by atoms with van der Waals surface area (Å²) in [7, 11) is 0. The first-order valence-electron chi connectivity index (χ1n) is 11.4. The molecular formula is C26H25N5O5. The lowest BCUT2D eigenvalue weighted by molar-refractivity contribution is -0.384. The summed E-state index contributed by atoms with van der Waals surface area (Å²) in [5, 5.41) is 18.2. The molecule has 0 bridgehead atoms. The van der Waals surface area contributed by atoms with Crippen LogP contribution in [0, 0.1) is 17.0 Å². The molecule has 10 heteroatoms. The lowest BCUT2D eigenvalue weighted by atomic mass is 10.1. The maximum absolute atomic E-state index is 12.7. The molecular weight excluding hydrogens is 462 g/mol. The number of hydrogen-bond donors (Lipinski definition) is 1. The normalized spacial score (nSPS) is 10.7. The summed E-state index contributed by atoms with van der Waals surface area (Å²) >= 11 is 0. The van der Waals surface area contributed by atoms with Crippen LogP contribution in [0.3, 0.4) is 0 Å². The lowest BCUT2D eigenvalue weighted by Crippen LogP contribution is -2.12. The first-order chi connectivity index (χ1) is 17.4. The molecule has 36 heavy (non-hydrogen) atoms. The van der Waals surface area contributed by atoms with Crippen molar-refractivity contribution in [3.05, 3.63) is 94.0 Å². The molecule has 1 N–H and O–H groups in total. The van der Waals surface area contributed by atoms with Crippen LogP contribution in [0.25, 0.3) is 17.1 Å². The second-order valence-corrected chi connectivity index (χ2v) is 7.85. The molecule has 0 aliphatic heterocycles. The van der Waals surface area contributed by atoms with Crippen molar-refractivity contribution >= 4 is 17.3 Å². The number of ether oxygens (including phenoxy) is 2. The van der Waals surface area contributed by atoms with Crippen LogP contribution in [0.15, 0.2) is 72.8 Å². The maximum atomic E-state index is 12.7. The van der Waals surface area contributed by atoms with Crippen molar-refractivity contribution in [2.45, 2.75) is 13.8 Å². The number of anilines is 1. The minimum Gasteiger partial charge on any atom is -0.460 e. The van der Waals surface area contributed by atoms with Gasteiger partial charge in [-0.2, -0.15) is 4.98 Å². The van der Waals surface area contributed by atoms with Gasteiger partial charge in [-0.1, -0.05) is 35.9 Å². The predicted octanol–water partition coefficient (Wildman–Crippen LogP) is 4.82. The fraction of sp³-hybridized carbons (Fsp3) is 0.192. The van der Waals surface area contributed by atoms with Crippen LogP contribution in [-0.4, -0.2) is 45.4 Å². The van der Waals surface area contributed by atoms with Crippen molar-refractivity contribution in [2.75, 3.05) is 25.1 Å². The highest BCUT2D eigenvalue weighted by atomic mass is 16.6. The van der Waals surface area contributed by atoms with Crippen molar-refractivity contribution in [3.8, 4) is 23.1 Å². The molecule has 0 radical (unpaired) electrons. The molecule has 4 aromatic rings. The van der Waals surface area contributed by atoms with E-state index in [0.717, 1.165) is 11.1 Å². The molecule has 0 unspecified atom stereocenters. The summed E-state index contributed by atoms with van der Waals surface area (Å²) in [6.45, 7) is 5.26. The maximum Gasteiger partial charge on any atom is 0.336 e. The zero-order valence-corrected chi connectivity index (χ0v) is 19.9. The monoisotopic (exact) mass is 487 g/mol. The van der Waals surface area contributed by atoms with Gasteiger partial charge in [0.1, 0.15) is 6.61 Å². The summed E-state index contributed by atoms with van der Waals surface area (Å²) in [6.07, 6.45) is 0. The number of nitro benzene ring substituents is 1. The summed E-state index contributed by atoms with van der Waals surface area (Å²) in [4.78, 5) is 27.6. The smallest absolute Gasteiger partial charge is 0.336 e. The van der Waals surface area contributed by atoms with Crippen LogP contribution in [0.2, 0.25) is 0 Å². The summed E-state index contributed by atoms with van der Waals surface area (Å²) in [6, 6.07) is 20.7.